The first kappa shape index (κ1) is 23.9. The van der Waals surface area contributed by atoms with Crippen LogP contribution in [0.25, 0.3) is 0 Å². The van der Waals surface area contributed by atoms with Crippen molar-refractivity contribution in [3.63, 3.8) is 0 Å². The fraction of sp³-hybridized carbons (Fsp3) is 0.474. The molecule has 2 aromatic rings. The molecule has 1 aromatic heterocycles. The van der Waals surface area contributed by atoms with Gasteiger partial charge in [-0.15, -0.1) is 36.2 Å². The third-order valence-electron chi connectivity index (χ3n) is 4.54. The predicted molar refractivity (Wildman–Crippen MR) is 116 cm³/mol. The number of nitrogens with zero attached hydrogens (tertiary/aromatic N) is 2. The van der Waals surface area contributed by atoms with Crippen molar-refractivity contribution in [3.05, 3.63) is 51.5 Å². The van der Waals surface area contributed by atoms with Crippen molar-refractivity contribution in [3.8, 4) is 0 Å². The van der Waals surface area contributed by atoms with Crippen LogP contribution < -0.4 is 11.1 Å². The van der Waals surface area contributed by atoms with E-state index in [-0.39, 0.29) is 30.7 Å². The molecule has 1 aliphatic heterocycles. The number of carbonyl (C=O) groups is 1. The van der Waals surface area contributed by atoms with E-state index < -0.39 is 0 Å². The number of likely N-dealkylation sites (tertiary alicyclic amines) is 1. The van der Waals surface area contributed by atoms with Gasteiger partial charge in [-0.05, 0) is 37.1 Å². The van der Waals surface area contributed by atoms with Crippen LogP contribution in [0, 0.1) is 0 Å². The van der Waals surface area contributed by atoms with Crippen LogP contribution in [0.3, 0.4) is 0 Å². The van der Waals surface area contributed by atoms with Gasteiger partial charge in [-0.1, -0.05) is 37.1 Å². The lowest BCUT2D eigenvalue weighted by atomic mass is 10.1. The van der Waals surface area contributed by atoms with E-state index in [0.717, 1.165) is 17.1 Å². The second-order valence-electron chi connectivity index (χ2n) is 6.52. The van der Waals surface area contributed by atoms with Crippen LogP contribution in [0.5, 0.6) is 0 Å². The fourth-order valence-electron chi connectivity index (χ4n) is 3.10. The third-order valence-corrected chi connectivity index (χ3v) is 5.41. The molecule has 1 aliphatic rings. The molecule has 2 heterocycles. The molecule has 0 aliphatic carbocycles. The summed E-state index contributed by atoms with van der Waals surface area (Å²) in [5.74, 6) is -0.149. The summed E-state index contributed by atoms with van der Waals surface area (Å²) in [5.41, 5.74) is 8.41. The summed E-state index contributed by atoms with van der Waals surface area (Å²) in [4.78, 5) is 18.8. The molecule has 1 saturated heterocycles. The summed E-state index contributed by atoms with van der Waals surface area (Å²) in [6, 6.07) is 8.53. The molecule has 1 amide bonds. The van der Waals surface area contributed by atoms with Crippen LogP contribution in [0.1, 0.15) is 52.3 Å². The Balaban J connectivity index is 0.00000182. The highest BCUT2D eigenvalue weighted by molar-refractivity contribution is 7.09. The standard InChI is InChI=1S/C19H26N4OS.2ClH/c20-11-18-22-17(14-25-18)19(24)21-12-15-5-7-16(8-6-15)13-23-9-3-1-2-4-10-23;;/h5-8,14H,1-4,9-13,20H2,(H,21,24);2*1H. The Kier molecular flexibility index (Phi) is 10.9. The number of amides is 1. The Morgan fingerprint density at radius 2 is 1.70 bits per heavy atom. The quantitative estimate of drug-likeness (QED) is 0.731. The van der Waals surface area contributed by atoms with Crippen molar-refractivity contribution in [1.29, 1.82) is 0 Å². The molecule has 3 rings (SSSR count). The van der Waals surface area contributed by atoms with E-state index in [1.165, 1.54) is 55.7 Å². The normalized spacial score (nSPS) is 14.6. The average molecular weight is 431 g/mol. The molecule has 1 aromatic carbocycles. The van der Waals surface area contributed by atoms with E-state index in [1.54, 1.807) is 5.38 Å². The SMILES string of the molecule is Cl.Cl.NCc1nc(C(=O)NCc2ccc(CN3CCCCCC3)cc2)cs1. The van der Waals surface area contributed by atoms with Gasteiger partial charge in [0.25, 0.3) is 5.91 Å². The first-order valence-electron chi connectivity index (χ1n) is 8.97. The number of benzene rings is 1. The summed E-state index contributed by atoms with van der Waals surface area (Å²) in [5, 5.41) is 5.45. The first-order chi connectivity index (χ1) is 12.2. The smallest absolute Gasteiger partial charge is 0.271 e. The minimum absolute atomic E-state index is 0. The molecule has 150 valence electrons. The van der Waals surface area contributed by atoms with Gasteiger partial charge < -0.3 is 11.1 Å². The largest absolute Gasteiger partial charge is 0.347 e. The van der Waals surface area contributed by atoms with Crippen LogP contribution >= 0.6 is 36.2 Å². The third kappa shape index (κ3) is 7.39. The molecule has 3 N–H and O–H groups in total. The number of thiazole rings is 1. The molecule has 0 bridgehead atoms. The van der Waals surface area contributed by atoms with Gasteiger partial charge in [0.2, 0.25) is 0 Å². The Bertz CT molecular complexity index is 685. The van der Waals surface area contributed by atoms with Gasteiger partial charge >= 0.3 is 0 Å². The minimum atomic E-state index is -0.149. The Hall–Kier alpha value is -1.18. The molecular formula is C19H28Cl2N4OS. The highest BCUT2D eigenvalue weighted by Crippen LogP contribution is 2.14. The van der Waals surface area contributed by atoms with E-state index in [1.807, 2.05) is 0 Å². The van der Waals surface area contributed by atoms with Crippen LogP contribution in [0.15, 0.2) is 29.6 Å². The van der Waals surface area contributed by atoms with Crippen LogP contribution in [-0.4, -0.2) is 28.9 Å². The molecule has 0 atom stereocenters. The van der Waals surface area contributed by atoms with Crippen LogP contribution in [-0.2, 0) is 19.6 Å². The molecule has 8 heteroatoms. The molecule has 27 heavy (non-hydrogen) atoms. The second kappa shape index (κ2) is 12.3. The van der Waals surface area contributed by atoms with Gasteiger partial charge in [-0.3, -0.25) is 9.69 Å². The minimum Gasteiger partial charge on any atom is -0.347 e. The summed E-state index contributed by atoms with van der Waals surface area (Å²) in [6.07, 6.45) is 5.35. The molecule has 0 unspecified atom stereocenters. The molecule has 0 saturated carbocycles. The number of hydrogen-bond donors (Lipinski definition) is 2. The molecular weight excluding hydrogens is 403 g/mol. The monoisotopic (exact) mass is 430 g/mol. The van der Waals surface area contributed by atoms with Crippen molar-refractivity contribution in [2.45, 2.75) is 45.3 Å². The highest BCUT2D eigenvalue weighted by Gasteiger charge is 2.11. The van der Waals surface area contributed by atoms with Crippen molar-refractivity contribution in [2.75, 3.05) is 13.1 Å². The first-order valence-corrected chi connectivity index (χ1v) is 9.85. The second-order valence-corrected chi connectivity index (χ2v) is 7.46. The maximum Gasteiger partial charge on any atom is 0.271 e. The number of nitrogens with two attached hydrogens (primary N) is 1. The number of carbonyl (C=O) groups excluding carboxylic acids is 1. The topological polar surface area (TPSA) is 71.2 Å². The van der Waals surface area contributed by atoms with Crippen molar-refractivity contribution >= 4 is 42.1 Å². The van der Waals surface area contributed by atoms with Gasteiger partial charge in [0.1, 0.15) is 10.7 Å². The zero-order valence-electron chi connectivity index (χ0n) is 15.4. The van der Waals surface area contributed by atoms with Gasteiger partial charge in [0.15, 0.2) is 0 Å². The van der Waals surface area contributed by atoms with Crippen LogP contribution in [0.2, 0.25) is 0 Å². The molecule has 0 radical (unpaired) electrons. The van der Waals surface area contributed by atoms with E-state index >= 15 is 0 Å². The number of nitrogens with one attached hydrogen (secondary N) is 1. The van der Waals surface area contributed by atoms with E-state index in [4.69, 9.17) is 5.73 Å². The predicted octanol–water partition coefficient (Wildman–Crippen LogP) is 3.75. The lowest BCUT2D eigenvalue weighted by Gasteiger charge is -2.19. The van der Waals surface area contributed by atoms with E-state index in [0.29, 0.717) is 18.8 Å². The van der Waals surface area contributed by atoms with Crippen molar-refractivity contribution in [2.24, 2.45) is 5.73 Å². The molecule has 1 fully saturated rings. The van der Waals surface area contributed by atoms with Gasteiger partial charge in [0, 0.05) is 25.0 Å². The summed E-state index contributed by atoms with van der Waals surface area (Å²) in [7, 11) is 0. The lowest BCUT2D eigenvalue weighted by molar-refractivity contribution is 0.0946. The maximum atomic E-state index is 12.1. The van der Waals surface area contributed by atoms with Gasteiger partial charge in [0.05, 0.1) is 0 Å². The number of hydrogen-bond acceptors (Lipinski definition) is 5. The van der Waals surface area contributed by atoms with Gasteiger partial charge in [-0.25, -0.2) is 4.98 Å². The Morgan fingerprint density at radius 1 is 1.07 bits per heavy atom. The van der Waals surface area contributed by atoms with Crippen molar-refractivity contribution < 1.29 is 4.79 Å². The maximum absolute atomic E-state index is 12.1. The highest BCUT2D eigenvalue weighted by atomic mass is 35.5. The zero-order chi connectivity index (χ0) is 17.5. The van der Waals surface area contributed by atoms with Gasteiger partial charge in [-0.2, -0.15) is 0 Å². The number of rotatable bonds is 6. The summed E-state index contributed by atoms with van der Waals surface area (Å²) >= 11 is 1.42. The number of aromatic nitrogens is 1. The summed E-state index contributed by atoms with van der Waals surface area (Å²) in [6.45, 7) is 4.31. The lowest BCUT2D eigenvalue weighted by Crippen LogP contribution is -2.24. The molecule has 0 spiro atoms. The number of halogens is 2. The zero-order valence-corrected chi connectivity index (χ0v) is 17.8. The fourth-order valence-corrected chi connectivity index (χ4v) is 3.75. The Morgan fingerprint density at radius 3 is 2.30 bits per heavy atom. The Labute approximate surface area is 177 Å². The van der Waals surface area contributed by atoms with Crippen molar-refractivity contribution in [1.82, 2.24) is 15.2 Å². The van der Waals surface area contributed by atoms with E-state index in [2.05, 4.69) is 39.5 Å². The molecule has 5 nitrogen and oxygen atoms in total. The van der Waals surface area contributed by atoms with Crippen LogP contribution in [0.4, 0.5) is 0 Å². The van der Waals surface area contributed by atoms with E-state index in [9.17, 15) is 4.79 Å². The summed E-state index contributed by atoms with van der Waals surface area (Å²) < 4.78 is 0. The average Bonchev–Trinajstić information content (AvgIpc) is 2.99.